The zero-order chi connectivity index (χ0) is 10.5. The van der Waals surface area contributed by atoms with Crippen LogP contribution in [0, 0.1) is 6.92 Å². The molecule has 74 valence electrons. The first-order valence-electron chi connectivity index (χ1n) is 3.58. The molecule has 0 aromatic carbocycles. The second-order valence-electron chi connectivity index (χ2n) is 2.68. The minimum Gasteiger partial charge on any atom is -0.224 e. The van der Waals surface area contributed by atoms with Crippen LogP contribution in [-0.4, -0.2) is 14.1 Å². The highest BCUT2D eigenvalue weighted by molar-refractivity contribution is 6.40. The third-order valence-corrected chi connectivity index (χ3v) is 3.17. The van der Waals surface area contributed by atoms with Gasteiger partial charge in [-0.3, -0.25) is 0 Å². The van der Waals surface area contributed by atoms with Crippen molar-refractivity contribution in [3.63, 3.8) is 0 Å². The van der Waals surface area contributed by atoms with Crippen molar-refractivity contribution in [3.8, 4) is 0 Å². The highest BCUT2D eigenvalue weighted by atomic mass is 35.5. The molecule has 0 amide bonds. The van der Waals surface area contributed by atoms with Crippen LogP contribution in [-0.2, 0) is 0 Å². The van der Waals surface area contributed by atoms with Crippen LogP contribution in [0.3, 0.4) is 0 Å². The fourth-order valence-corrected chi connectivity index (χ4v) is 2.14. The van der Waals surface area contributed by atoms with Crippen LogP contribution >= 0.6 is 46.6 Å². The summed E-state index contributed by atoms with van der Waals surface area (Å²) in [5.41, 5.74) is 1.15. The topological polar surface area (TPSA) is 30.7 Å². The molecule has 0 spiro atoms. The fraction of sp³-hybridized carbons (Fsp3) is 0.143. The summed E-state index contributed by atoms with van der Waals surface area (Å²) in [5, 5.41) is 1.27. The van der Waals surface area contributed by atoms with Gasteiger partial charge in [-0.05, 0) is 24.1 Å². The maximum absolute atomic E-state index is 5.91. The van der Waals surface area contributed by atoms with Crippen molar-refractivity contribution in [2.24, 2.45) is 0 Å². The first-order chi connectivity index (χ1) is 6.52. The van der Waals surface area contributed by atoms with Gasteiger partial charge in [0.1, 0.15) is 10.3 Å². The smallest absolute Gasteiger partial charge is 0.224 e. The Hall–Kier alpha value is -0.220. The number of hydrogen-bond acceptors (Lipinski definition) is 2. The Morgan fingerprint density at radius 2 is 1.79 bits per heavy atom. The zero-order valence-electron chi connectivity index (χ0n) is 6.85. The molecular formula is C7H3Cl4N3. The third kappa shape index (κ3) is 1.36. The van der Waals surface area contributed by atoms with E-state index in [0.29, 0.717) is 16.2 Å². The number of fused-ring (bicyclic) bond motifs is 1. The van der Waals surface area contributed by atoms with Gasteiger partial charge in [-0.2, -0.15) is 4.98 Å². The van der Waals surface area contributed by atoms with E-state index >= 15 is 0 Å². The average molecular weight is 271 g/mol. The molecule has 0 aliphatic carbocycles. The molecule has 0 N–H and O–H groups in total. The number of rotatable bonds is 0. The molecular weight excluding hydrogens is 268 g/mol. The molecule has 3 nitrogen and oxygen atoms in total. The summed E-state index contributed by atoms with van der Waals surface area (Å²) in [7, 11) is 0. The number of nitrogens with zero attached hydrogens (tertiary/aromatic N) is 3. The maximum atomic E-state index is 5.91. The van der Waals surface area contributed by atoms with Gasteiger partial charge < -0.3 is 0 Å². The number of aryl methyl sites for hydroxylation is 1. The van der Waals surface area contributed by atoms with Gasteiger partial charge in [0.15, 0.2) is 5.65 Å². The fourth-order valence-electron chi connectivity index (χ4n) is 1.21. The molecule has 0 bridgehead atoms. The Bertz CT molecular complexity index is 519. The van der Waals surface area contributed by atoms with E-state index in [2.05, 4.69) is 9.97 Å². The molecule has 2 heterocycles. The molecule has 0 fully saturated rings. The standard InChI is InChI=1S/C7H3Cl4N3/c1-2-3-4(8)12-7(10)13-6(3)14(11)5(2)9/h1H3. The summed E-state index contributed by atoms with van der Waals surface area (Å²) >= 11 is 23.3. The molecule has 0 unspecified atom stereocenters. The van der Waals surface area contributed by atoms with Crippen molar-refractivity contribution in [2.75, 3.05) is 0 Å². The van der Waals surface area contributed by atoms with E-state index < -0.39 is 0 Å². The number of aromatic nitrogens is 3. The highest BCUT2D eigenvalue weighted by Gasteiger charge is 2.17. The third-order valence-electron chi connectivity index (χ3n) is 1.86. The van der Waals surface area contributed by atoms with Gasteiger partial charge in [0.25, 0.3) is 0 Å². The predicted octanol–water partition coefficient (Wildman–Crippen LogP) is 3.70. The molecule has 0 aliphatic rings. The van der Waals surface area contributed by atoms with Crippen LogP contribution in [0.25, 0.3) is 11.0 Å². The monoisotopic (exact) mass is 269 g/mol. The lowest BCUT2D eigenvalue weighted by atomic mass is 10.3. The molecule has 0 atom stereocenters. The second-order valence-corrected chi connectivity index (χ2v) is 4.07. The van der Waals surface area contributed by atoms with Gasteiger partial charge in [0.2, 0.25) is 5.28 Å². The Morgan fingerprint density at radius 1 is 1.14 bits per heavy atom. The van der Waals surface area contributed by atoms with E-state index in [9.17, 15) is 0 Å². The zero-order valence-corrected chi connectivity index (χ0v) is 9.88. The minimum absolute atomic E-state index is 0.0403. The normalized spacial score (nSPS) is 11.2. The predicted molar refractivity (Wildman–Crippen MR) is 58.5 cm³/mol. The molecule has 0 aliphatic heterocycles. The van der Waals surface area contributed by atoms with Crippen LogP contribution in [0.2, 0.25) is 15.6 Å². The highest BCUT2D eigenvalue weighted by Crippen LogP contribution is 2.33. The van der Waals surface area contributed by atoms with Gasteiger partial charge in [0.05, 0.1) is 5.39 Å². The Balaban J connectivity index is 3.02. The summed E-state index contributed by atoms with van der Waals surface area (Å²) in [6.45, 7) is 1.78. The maximum Gasteiger partial charge on any atom is 0.225 e. The lowest BCUT2D eigenvalue weighted by molar-refractivity contribution is 1.17. The summed E-state index contributed by atoms with van der Waals surface area (Å²) in [6.07, 6.45) is 0. The number of hydrogen-bond donors (Lipinski definition) is 0. The van der Waals surface area contributed by atoms with E-state index in [1.54, 1.807) is 6.92 Å². The Labute approximate surface area is 99.7 Å². The lowest BCUT2D eigenvalue weighted by Crippen LogP contribution is -1.87. The van der Waals surface area contributed by atoms with E-state index in [1.807, 2.05) is 0 Å². The largest absolute Gasteiger partial charge is 0.225 e. The van der Waals surface area contributed by atoms with Crippen LogP contribution in [0.4, 0.5) is 0 Å². The van der Waals surface area contributed by atoms with Crippen molar-refractivity contribution in [3.05, 3.63) is 21.2 Å². The molecule has 0 saturated heterocycles. The van der Waals surface area contributed by atoms with Crippen molar-refractivity contribution in [1.82, 2.24) is 14.1 Å². The van der Waals surface area contributed by atoms with E-state index in [1.165, 1.54) is 4.09 Å². The van der Waals surface area contributed by atoms with E-state index in [4.69, 9.17) is 46.6 Å². The van der Waals surface area contributed by atoms with Gasteiger partial charge in [-0.25, -0.2) is 9.07 Å². The van der Waals surface area contributed by atoms with Crippen LogP contribution in [0.1, 0.15) is 5.56 Å². The molecule has 2 aromatic rings. The quantitative estimate of drug-likeness (QED) is 0.540. The second kappa shape index (κ2) is 3.42. The molecule has 0 radical (unpaired) electrons. The SMILES string of the molecule is Cc1c(Cl)n(Cl)c2nc(Cl)nc(Cl)c12. The van der Waals surface area contributed by atoms with Crippen LogP contribution in [0.15, 0.2) is 0 Å². The van der Waals surface area contributed by atoms with Gasteiger partial charge >= 0.3 is 0 Å². The van der Waals surface area contributed by atoms with Crippen molar-refractivity contribution < 1.29 is 0 Å². The van der Waals surface area contributed by atoms with Crippen LogP contribution < -0.4 is 0 Å². The van der Waals surface area contributed by atoms with Crippen molar-refractivity contribution in [1.29, 1.82) is 0 Å². The first kappa shape index (κ1) is 10.3. The van der Waals surface area contributed by atoms with Crippen LogP contribution in [0.5, 0.6) is 0 Å². The van der Waals surface area contributed by atoms with E-state index in [-0.39, 0.29) is 10.4 Å². The molecule has 2 aromatic heterocycles. The van der Waals surface area contributed by atoms with E-state index in [0.717, 1.165) is 5.56 Å². The first-order valence-corrected chi connectivity index (χ1v) is 5.05. The summed E-state index contributed by atoms with van der Waals surface area (Å²) in [6, 6.07) is 0. The lowest BCUT2D eigenvalue weighted by Gasteiger charge is -1.95. The average Bonchev–Trinajstić information content (AvgIpc) is 2.31. The molecule has 0 saturated carbocycles. The molecule has 7 heteroatoms. The van der Waals surface area contributed by atoms with Crippen molar-refractivity contribution >= 4 is 57.6 Å². The number of halogens is 4. The van der Waals surface area contributed by atoms with Gasteiger partial charge in [0, 0.05) is 11.8 Å². The summed E-state index contributed by atoms with van der Waals surface area (Å²) in [5.74, 6) is 0. The Morgan fingerprint density at radius 3 is 2.43 bits per heavy atom. The minimum atomic E-state index is 0.0403. The Kier molecular flexibility index (Phi) is 2.52. The van der Waals surface area contributed by atoms with Gasteiger partial charge in [-0.15, -0.1) is 0 Å². The van der Waals surface area contributed by atoms with Gasteiger partial charge in [-0.1, -0.05) is 23.2 Å². The summed E-state index contributed by atoms with van der Waals surface area (Å²) in [4.78, 5) is 7.74. The molecule has 2 rings (SSSR count). The summed E-state index contributed by atoms with van der Waals surface area (Å²) < 4.78 is 1.20. The van der Waals surface area contributed by atoms with Crippen molar-refractivity contribution in [2.45, 2.75) is 6.92 Å². The molecule has 14 heavy (non-hydrogen) atoms.